The van der Waals surface area contributed by atoms with Gasteiger partial charge in [-0.3, -0.25) is 9.78 Å². The van der Waals surface area contributed by atoms with Crippen molar-refractivity contribution in [3.63, 3.8) is 0 Å². The van der Waals surface area contributed by atoms with E-state index in [9.17, 15) is 15.0 Å². The van der Waals surface area contributed by atoms with Crippen LogP contribution in [0.3, 0.4) is 0 Å². The molecule has 0 fully saturated rings. The molecule has 3 atom stereocenters. The molecule has 8 nitrogen and oxygen atoms in total. The number of fused-ring (bicyclic) bond motifs is 1. The van der Waals surface area contributed by atoms with Crippen molar-refractivity contribution < 1.29 is 15.5 Å². The molecule has 0 radical (unpaired) electrons. The van der Waals surface area contributed by atoms with Gasteiger partial charge < -0.3 is 26.2 Å². The number of nitrogen functional groups attached to an aromatic ring is 1. The predicted octanol–water partition coefficient (Wildman–Crippen LogP) is -2.44. The highest BCUT2D eigenvalue weighted by Gasteiger charge is 2.31. The predicted molar refractivity (Wildman–Crippen MR) is 71.7 cm³/mol. The van der Waals surface area contributed by atoms with Crippen LogP contribution >= 0.6 is 0 Å². The fraction of sp³-hybridized carbons (Fsp3) is 0.333. The zero-order valence-corrected chi connectivity index (χ0v) is 10.6. The van der Waals surface area contributed by atoms with Crippen LogP contribution in [0.1, 0.15) is 5.56 Å². The summed E-state index contributed by atoms with van der Waals surface area (Å²) < 4.78 is 0. The van der Waals surface area contributed by atoms with Gasteiger partial charge in [0, 0.05) is 11.8 Å². The standard InChI is InChI=1S/C12H15N5O3/c13-12-16-10-8(11(20)17-12)5(4-15-10)3-14-6-1-2-7(18)9(6)19/h1-2,4,6-7,9,14,18-19H,3H2,(H4,13,15,16,17,20)/p+1/t6?,7-,9+/m0/s1. The number of H-pyrrole nitrogens is 2. The van der Waals surface area contributed by atoms with Crippen molar-refractivity contribution in [3.8, 4) is 0 Å². The number of hydrogen-bond acceptors (Lipinski definition) is 5. The molecule has 3 rings (SSSR count). The second-order valence-corrected chi connectivity index (χ2v) is 4.87. The molecule has 1 unspecified atom stereocenters. The molecule has 2 heterocycles. The van der Waals surface area contributed by atoms with Crippen molar-refractivity contribution >= 4 is 17.0 Å². The largest absolute Gasteiger partial charge is 0.386 e. The van der Waals surface area contributed by atoms with E-state index < -0.39 is 12.2 Å². The molecule has 0 spiro atoms. The minimum absolute atomic E-state index is 0.0668. The Labute approximate surface area is 113 Å². The van der Waals surface area contributed by atoms with E-state index in [1.807, 2.05) is 5.32 Å². The zero-order valence-electron chi connectivity index (χ0n) is 10.6. The van der Waals surface area contributed by atoms with Crippen LogP contribution in [0, 0.1) is 0 Å². The van der Waals surface area contributed by atoms with Crippen molar-refractivity contribution in [3.05, 3.63) is 34.3 Å². The Bertz CT molecular complexity index is 719. The van der Waals surface area contributed by atoms with Crippen molar-refractivity contribution in [1.82, 2.24) is 15.0 Å². The summed E-state index contributed by atoms with van der Waals surface area (Å²) >= 11 is 0. The van der Waals surface area contributed by atoms with Crippen LogP contribution in [0.5, 0.6) is 0 Å². The zero-order chi connectivity index (χ0) is 14.3. The molecule has 1 aliphatic carbocycles. The second kappa shape index (κ2) is 4.75. The van der Waals surface area contributed by atoms with E-state index in [0.29, 0.717) is 17.6 Å². The Hall–Kier alpha value is -2.16. The third-order valence-electron chi connectivity index (χ3n) is 3.53. The molecule has 8 N–H and O–H groups in total. The van der Waals surface area contributed by atoms with E-state index in [0.717, 1.165) is 5.56 Å². The Balaban J connectivity index is 1.82. The maximum Gasteiger partial charge on any atom is 0.262 e. The third-order valence-corrected chi connectivity index (χ3v) is 3.53. The van der Waals surface area contributed by atoms with Crippen molar-refractivity contribution in [2.45, 2.75) is 24.8 Å². The topological polar surface area (TPSA) is 145 Å². The highest BCUT2D eigenvalue weighted by Crippen LogP contribution is 2.12. The first kappa shape index (κ1) is 12.9. The minimum atomic E-state index is -0.830. The van der Waals surface area contributed by atoms with Gasteiger partial charge >= 0.3 is 0 Å². The van der Waals surface area contributed by atoms with Gasteiger partial charge in [-0.05, 0) is 6.08 Å². The Kier molecular flexibility index (Phi) is 3.05. The van der Waals surface area contributed by atoms with E-state index in [1.54, 1.807) is 18.3 Å². The number of aromatic nitrogens is 3. The average molecular weight is 278 g/mol. The number of hydrogen-bond donors (Lipinski definition) is 6. The average Bonchev–Trinajstić information content (AvgIpc) is 2.93. The quantitative estimate of drug-likeness (QED) is 0.345. The highest BCUT2D eigenvalue weighted by molar-refractivity contribution is 5.79. The lowest BCUT2D eigenvalue weighted by atomic mass is 10.1. The molecule has 1 aliphatic rings. The monoisotopic (exact) mass is 278 g/mol. The molecule has 0 bridgehead atoms. The lowest BCUT2D eigenvalue weighted by molar-refractivity contribution is -0.700. The molecule has 0 saturated heterocycles. The fourth-order valence-electron chi connectivity index (χ4n) is 2.46. The molecule has 2 aromatic heterocycles. The number of quaternary nitrogens is 1. The van der Waals surface area contributed by atoms with Gasteiger partial charge in [0.2, 0.25) is 5.95 Å². The second-order valence-electron chi connectivity index (χ2n) is 4.87. The van der Waals surface area contributed by atoms with E-state index in [-0.39, 0.29) is 17.5 Å². The van der Waals surface area contributed by atoms with Crippen molar-refractivity contribution in [1.29, 1.82) is 0 Å². The smallest absolute Gasteiger partial charge is 0.262 e. The number of anilines is 1. The first-order valence-corrected chi connectivity index (χ1v) is 6.30. The summed E-state index contributed by atoms with van der Waals surface area (Å²) in [5.74, 6) is 0.0668. The molecule has 20 heavy (non-hydrogen) atoms. The van der Waals surface area contributed by atoms with Crippen LogP contribution in [0.25, 0.3) is 11.0 Å². The summed E-state index contributed by atoms with van der Waals surface area (Å²) in [6, 6.07) is -0.226. The Morgan fingerprint density at radius 2 is 2.20 bits per heavy atom. The van der Waals surface area contributed by atoms with E-state index in [2.05, 4.69) is 15.0 Å². The number of nitrogens with two attached hydrogens (primary N) is 2. The maximum atomic E-state index is 11.9. The van der Waals surface area contributed by atoms with Gasteiger partial charge in [0.05, 0.1) is 5.39 Å². The van der Waals surface area contributed by atoms with Crippen LogP contribution in [0.4, 0.5) is 5.95 Å². The number of aliphatic hydroxyl groups is 2. The molecule has 106 valence electrons. The number of rotatable bonds is 3. The molecular formula is C12H16N5O3+. The Morgan fingerprint density at radius 1 is 1.40 bits per heavy atom. The molecule has 0 saturated carbocycles. The van der Waals surface area contributed by atoms with Crippen LogP contribution in [-0.4, -0.2) is 43.4 Å². The SMILES string of the molecule is Nc1nc2[nH]cc(C[NH2+]C3C=C[C@H](O)[C@@H]3O)c2c(=O)[nH]1. The molecule has 0 aliphatic heterocycles. The number of nitrogens with one attached hydrogen (secondary N) is 2. The number of aliphatic hydroxyl groups excluding tert-OH is 2. The summed E-state index contributed by atoms with van der Waals surface area (Å²) in [4.78, 5) is 21.3. The minimum Gasteiger partial charge on any atom is -0.386 e. The van der Waals surface area contributed by atoms with Gasteiger partial charge in [0.1, 0.15) is 30.4 Å². The van der Waals surface area contributed by atoms with Crippen LogP contribution in [0.15, 0.2) is 23.1 Å². The Morgan fingerprint density at radius 3 is 2.90 bits per heavy atom. The lowest BCUT2D eigenvalue weighted by Gasteiger charge is -2.14. The van der Waals surface area contributed by atoms with Crippen molar-refractivity contribution in [2.75, 3.05) is 5.73 Å². The maximum absolute atomic E-state index is 11.9. The fourth-order valence-corrected chi connectivity index (χ4v) is 2.46. The van der Waals surface area contributed by atoms with Crippen LogP contribution in [-0.2, 0) is 6.54 Å². The highest BCUT2D eigenvalue weighted by atomic mass is 16.3. The summed E-state index contributed by atoms with van der Waals surface area (Å²) in [7, 11) is 0. The van der Waals surface area contributed by atoms with E-state index in [4.69, 9.17) is 5.73 Å². The van der Waals surface area contributed by atoms with Gasteiger partial charge in [0.15, 0.2) is 0 Å². The molecule has 2 aromatic rings. The van der Waals surface area contributed by atoms with E-state index >= 15 is 0 Å². The number of nitrogens with zero attached hydrogens (tertiary/aromatic N) is 1. The van der Waals surface area contributed by atoms with Gasteiger partial charge in [-0.15, -0.1) is 0 Å². The first-order valence-electron chi connectivity index (χ1n) is 6.30. The summed E-state index contributed by atoms with van der Waals surface area (Å²) in [6.45, 7) is 0.480. The summed E-state index contributed by atoms with van der Waals surface area (Å²) in [5, 5.41) is 21.5. The van der Waals surface area contributed by atoms with Gasteiger partial charge in [-0.2, -0.15) is 4.98 Å². The summed E-state index contributed by atoms with van der Waals surface area (Å²) in [5.41, 5.74) is 6.40. The lowest BCUT2D eigenvalue weighted by Crippen LogP contribution is -2.90. The summed E-state index contributed by atoms with van der Waals surface area (Å²) in [6.07, 6.45) is 3.36. The van der Waals surface area contributed by atoms with Gasteiger partial charge in [-0.25, -0.2) is 0 Å². The molecule has 8 heteroatoms. The van der Waals surface area contributed by atoms with Crippen LogP contribution < -0.4 is 16.6 Å². The van der Waals surface area contributed by atoms with Gasteiger partial charge in [-0.1, -0.05) is 6.08 Å². The normalized spacial score (nSPS) is 25.6. The molecule has 0 aromatic carbocycles. The third kappa shape index (κ3) is 2.09. The van der Waals surface area contributed by atoms with Crippen LogP contribution in [0.2, 0.25) is 0 Å². The molecule has 0 amide bonds. The van der Waals surface area contributed by atoms with E-state index in [1.165, 1.54) is 0 Å². The van der Waals surface area contributed by atoms with Gasteiger partial charge in [0.25, 0.3) is 5.56 Å². The number of aromatic amines is 2. The molecular weight excluding hydrogens is 262 g/mol. The van der Waals surface area contributed by atoms with Crippen molar-refractivity contribution in [2.24, 2.45) is 0 Å². The first-order chi connectivity index (χ1) is 9.56.